The number of benzene rings is 1. The molecule has 0 saturated carbocycles. The number of anilines is 1. The van der Waals surface area contributed by atoms with Crippen molar-refractivity contribution in [2.75, 3.05) is 44.6 Å². The minimum Gasteiger partial charge on any atom is -0.464 e. The molecular weight excluding hydrogens is 436 g/mol. The highest BCUT2D eigenvalue weighted by Gasteiger charge is 2.24. The van der Waals surface area contributed by atoms with Crippen LogP contribution < -0.4 is 4.90 Å². The molecule has 0 spiro atoms. The molecule has 7 nitrogen and oxygen atoms in total. The van der Waals surface area contributed by atoms with E-state index in [4.69, 9.17) is 19.4 Å². The smallest absolute Gasteiger partial charge is 0.356 e. The number of aromatic nitrogens is 3. The Kier molecular flexibility index (Phi) is 6.03. The third-order valence-corrected chi connectivity index (χ3v) is 6.96. The van der Waals surface area contributed by atoms with E-state index in [9.17, 15) is 4.79 Å². The molecule has 0 amide bonds. The Morgan fingerprint density at radius 3 is 2.76 bits per heavy atom. The van der Waals surface area contributed by atoms with Crippen LogP contribution in [0.25, 0.3) is 28.5 Å². The molecule has 1 fully saturated rings. The second kappa shape index (κ2) is 9.11. The lowest BCUT2D eigenvalue weighted by atomic mass is 9.86. The number of thioether (sulfide) groups is 1. The number of morpholine rings is 1. The van der Waals surface area contributed by atoms with Crippen molar-refractivity contribution in [3.05, 3.63) is 47.2 Å². The molecule has 0 bridgehead atoms. The lowest BCUT2D eigenvalue weighted by Gasteiger charge is -2.29. The first kappa shape index (κ1) is 21.9. The van der Waals surface area contributed by atoms with Crippen LogP contribution in [0.3, 0.4) is 0 Å². The third-order valence-electron chi connectivity index (χ3n) is 6.21. The molecular formula is C25H26N4O3S. The second-order valence-corrected chi connectivity index (χ2v) is 9.06. The predicted molar refractivity (Wildman–Crippen MR) is 131 cm³/mol. The summed E-state index contributed by atoms with van der Waals surface area (Å²) in [4.78, 5) is 30.0. The minimum absolute atomic E-state index is 0.258. The molecule has 0 radical (unpaired) electrons. The molecule has 8 heteroatoms. The summed E-state index contributed by atoms with van der Waals surface area (Å²) in [6.07, 6.45) is 7.41. The molecule has 0 N–H and O–H groups in total. The van der Waals surface area contributed by atoms with Gasteiger partial charge in [0.05, 0.1) is 20.3 Å². The van der Waals surface area contributed by atoms with Crippen molar-refractivity contribution in [3.63, 3.8) is 0 Å². The van der Waals surface area contributed by atoms with E-state index in [2.05, 4.69) is 47.2 Å². The second-order valence-electron chi connectivity index (χ2n) is 8.22. The normalized spacial score (nSPS) is 17.8. The van der Waals surface area contributed by atoms with E-state index in [1.807, 2.05) is 6.26 Å². The van der Waals surface area contributed by atoms with Crippen LogP contribution in [0, 0.1) is 0 Å². The van der Waals surface area contributed by atoms with Crippen molar-refractivity contribution in [1.29, 1.82) is 0 Å². The molecule has 1 atom stereocenters. The molecule has 3 aromatic rings. The Bertz CT molecular complexity index is 1250. The van der Waals surface area contributed by atoms with Gasteiger partial charge in [0, 0.05) is 23.5 Å². The number of rotatable bonds is 4. The molecule has 1 aliphatic carbocycles. The van der Waals surface area contributed by atoms with Crippen LogP contribution in [0.2, 0.25) is 0 Å². The first-order valence-corrected chi connectivity index (χ1v) is 12.3. The summed E-state index contributed by atoms with van der Waals surface area (Å²) in [7, 11) is 1.36. The van der Waals surface area contributed by atoms with E-state index in [1.54, 1.807) is 6.07 Å². The fourth-order valence-electron chi connectivity index (χ4n) is 4.45. The van der Waals surface area contributed by atoms with Crippen LogP contribution in [-0.4, -0.2) is 60.6 Å². The standard InChI is InChI=1S/C25H26N4O3S/c1-15-6-4-8-17-16(15)7-5-9-18(17)23-27-21-20(33-3)14-19(25(30)31-2)26-22(21)24(28-23)29-10-12-32-13-11-29/h4-5,7-9,14-15H,6,10-13H2,1-3H3. The fraction of sp³-hybridized carbons (Fsp3) is 0.360. The van der Waals surface area contributed by atoms with Gasteiger partial charge in [-0.2, -0.15) is 0 Å². The Hall–Kier alpha value is -2.97. The topological polar surface area (TPSA) is 77.4 Å². The van der Waals surface area contributed by atoms with Gasteiger partial charge < -0.3 is 14.4 Å². The van der Waals surface area contributed by atoms with E-state index < -0.39 is 5.97 Å². The van der Waals surface area contributed by atoms with Gasteiger partial charge in [0.1, 0.15) is 16.7 Å². The number of hydrogen-bond donors (Lipinski definition) is 0. The summed E-state index contributed by atoms with van der Waals surface area (Å²) >= 11 is 1.53. The van der Waals surface area contributed by atoms with E-state index in [0.717, 1.165) is 28.2 Å². The zero-order valence-corrected chi connectivity index (χ0v) is 19.8. The Balaban J connectivity index is 1.78. The molecule has 1 aromatic carbocycles. The molecule has 33 heavy (non-hydrogen) atoms. The summed E-state index contributed by atoms with van der Waals surface area (Å²) in [5.74, 6) is 1.38. The molecule has 2 aromatic heterocycles. The highest BCUT2D eigenvalue weighted by atomic mass is 32.2. The van der Waals surface area contributed by atoms with Gasteiger partial charge in [-0.3, -0.25) is 0 Å². The van der Waals surface area contributed by atoms with Crippen LogP contribution in [0.15, 0.2) is 35.2 Å². The number of allylic oxidation sites excluding steroid dienone is 1. The van der Waals surface area contributed by atoms with Gasteiger partial charge in [0.2, 0.25) is 0 Å². The maximum absolute atomic E-state index is 12.3. The molecule has 2 aliphatic rings. The van der Waals surface area contributed by atoms with E-state index in [1.165, 1.54) is 30.0 Å². The summed E-state index contributed by atoms with van der Waals surface area (Å²) in [6, 6.07) is 8.11. The zero-order chi connectivity index (χ0) is 22.9. The summed E-state index contributed by atoms with van der Waals surface area (Å²) in [6.45, 7) is 4.89. The number of carbonyl (C=O) groups excluding carboxylic acids is 1. The summed E-state index contributed by atoms with van der Waals surface area (Å²) < 4.78 is 10.5. The molecule has 1 aliphatic heterocycles. The van der Waals surface area contributed by atoms with Gasteiger partial charge in [-0.1, -0.05) is 37.3 Å². The SMILES string of the molecule is COC(=O)c1cc(SC)c2nc(-c3cccc4c3C=CCC4C)nc(N3CCOCC3)c2n1. The number of esters is 1. The maximum atomic E-state index is 12.3. The van der Waals surface area contributed by atoms with Crippen molar-refractivity contribution in [2.45, 2.75) is 24.2 Å². The van der Waals surface area contributed by atoms with Crippen molar-refractivity contribution in [1.82, 2.24) is 15.0 Å². The van der Waals surface area contributed by atoms with Crippen molar-refractivity contribution >= 4 is 40.7 Å². The number of ether oxygens (including phenoxy) is 2. The highest BCUT2D eigenvalue weighted by molar-refractivity contribution is 7.98. The fourth-order valence-corrected chi connectivity index (χ4v) is 5.02. The van der Waals surface area contributed by atoms with E-state index in [0.29, 0.717) is 43.6 Å². The molecule has 5 rings (SSSR count). The monoisotopic (exact) mass is 462 g/mol. The molecule has 1 saturated heterocycles. The van der Waals surface area contributed by atoms with Crippen LogP contribution in [-0.2, 0) is 9.47 Å². The average Bonchev–Trinajstić information content (AvgIpc) is 2.87. The number of hydrogen-bond acceptors (Lipinski definition) is 8. The summed E-state index contributed by atoms with van der Waals surface area (Å²) in [5, 5.41) is 0. The Morgan fingerprint density at radius 1 is 1.18 bits per heavy atom. The van der Waals surface area contributed by atoms with Crippen molar-refractivity contribution < 1.29 is 14.3 Å². The average molecular weight is 463 g/mol. The van der Waals surface area contributed by atoms with Crippen LogP contribution in [0.4, 0.5) is 5.82 Å². The van der Waals surface area contributed by atoms with Crippen LogP contribution in [0.1, 0.15) is 40.9 Å². The molecule has 3 heterocycles. The van der Waals surface area contributed by atoms with Crippen LogP contribution >= 0.6 is 11.8 Å². The quantitative estimate of drug-likeness (QED) is 0.413. The van der Waals surface area contributed by atoms with Crippen LogP contribution in [0.5, 0.6) is 0 Å². The van der Waals surface area contributed by atoms with E-state index >= 15 is 0 Å². The lowest BCUT2D eigenvalue weighted by molar-refractivity contribution is 0.0594. The number of methoxy groups -OCH3 is 1. The van der Waals surface area contributed by atoms with Gasteiger partial charge >= 0.3 is 5.97 Å². The lowest BCUT2D eigenvalue weighted by Crippen LogP contribution is -2.37. The minimum atomic E-state index is -0.472. The first-order chi connectivity index (χ1) is 16.1. The number of nitrogens with zero attached hydrogens (tertiary/aromatic N) is 4. The van der Waals surface area contributed by atoms with Gasteiger partial charge in [-0.15, -0.1) is 11.8 Å². The third kappa shape index (κ3) is 3.98. The van der Waals surface area contributed by atoms with Crippen molar-refractivity contribution in [3.8, 4) is 11.4 Å². The molecule has 1 unspecified atom stereocenters. The zero-order valence-electron chi connectivity index (χ0n) is 19.0. The van der Waals surface area contributed by atoms with Crippen molar-refractivity contribution in [2.24, 2.45) is 0 Å². The first-order valence-electron chi connectivity index (χ1n) is 11.1. The Morgan fingerprint density at radius 2 is 2.00 bits per heavy atom. The number of carbonyl (C=O) groups is 1. The molecule has 170 valence electrons. The summed E-state index contributed by atoms with van der Waals surface area (Å²) in [5.41, 5.74) is 5.11. The largest absolute Gasteiger partial charge is 0.464 e. The number of pyridine rings is 1. The number of fused-ring (bicyclic) bond motifs is 2. The Labute approximate surface area is 197 Å². The van der Waals surface area contributed by atoms with Gasteiger partial charge in [0.15, 0.2) is 11.6 Å². The maximum Gasteiger partial charge on any atom is 0.356 e. The van der Waals surface area contributed by atoms with E-state index in [-0.39, 0.29) is 5.69 Å². The van der Waals surface area contributed by atoms with Gasteiger partial charge in [0.25, 0.3) is 0 Å². The van der Waals surface area contributed by atoms with Gasteiger partial charge in [-0.25, -0.2) is 19.7 Å². The van der Waals surface area contributed by atoms with Gasteiger partial charge in [-0.05, 0) is 35.8 Å². The predicted octanol–water partition coefficient (Wildman–Crippen LogP) is 4.56. The highest BCUT2D eigenvalue weighted by Crippen LogP contribution is 2.38.